The summed E-state index contributed by atoms with van der Waals surface area (Å²) in [6.45, 7) is 4.45. The summed E-state index contributed by atoms with van der Waals surface area (Å²) < 4.78 is 0. The third-order valence-electron chi connectivity index (χ3n) is 3.01. The molecule has 0 radical (unpaired) electrons. The third kappa shape index (κ3) is 3.61. The Bertz CT molecular complexity index is 257. The van der Waals surface area contributed by atoms with Gasteiger partial charge in [-0.1, -0.05) is 32.8 Å². The predicted molar refractivity (Wildman–Crippen MR) is 63.0 cm³/mol. The van der Waals surface area contributed by atoms with Gasteiger partial charge in [0, 0.05) is 18.4 Å². The molecule has 0 bridgehead atoms. The van der Waals surface area contributed by atoms with Gasteiger partial charge in [-0.3, -0.25) is 16.3 Å². The molecule has 3 heteroatoms. The maximum atomic E-state index is 5.58. The van der Waals surface area contributed by atoms with E-state index in [1.165, 1.54) is 18.4 Å². The van der Waals surface area contributed by atoms with E-state index >= 15 is 0 Å². The van der Waals surface area contributed by atoms with Gasteiger partial charge < -0.3 is 0 Å². The van der Waals surface area contributed by atoms with Crippen LogP contribution >= 0.6 is 0 Å². The molecule has 1 rings (SSSR count). The van der Waals surface area contributed by atoms with Gasteiger partial charge in [-0.05, 0) is 24.0 Å². The molecule has 0 saturated heterocycles. The van der Waals surface area contributed by atoms with Crippen molar-refractivity contribution in [1.82, 2.24) is 10.4 Å². The number of aromatic nitrogens is 1. The van der Waals surface area contributed by atoms with Gasteiger partial charge in [0.2, 0.25) is 0 Å². The maximum absolute atomic E-state index is 5.58. The van der Waals surface area contributed by atoms with Crippen LogP contribution in [0.15, 0.2) is 24.5 Å². The first-order valence-corrected chi connectivity index (χ1v) is 5.67. The van der Waals surface area contributed by atoms with Crippen molar-refractivity contribution in [3.63, 3.8) is 0 Å². The van der Waals surface area contributed by atoms with Gasteiger partial charge >= 0.3 is 0 Å². The molecule has 1 atom stereocenters. The highest BCUT2D eigenvalue weighted by Gasteiger charge is 2.14. The van der Waals surface area contributed by atoms with Crippen LogP contribution < -0.4 is 11.3 Å². The smallest absolute Gasteiger partial charge is 0.0477 e. The zero-order valence-electron chi connectivity index (χ0n) is 9.61. The minimum absolute atomic E-state index is 0.226. The van der Waals surface area contributed by atoms with Crippen LogP contribution in [0, 0.1) is 5.92 Å². The van der Waals surface area contributed by atoms with Gasteiger partial charge in [-0.25, -0.2) is 0 Å². The molecule has 1 aromatic rings. The molecule has 0 amide bonds. The van der Waals surface area contributed by atoms with Crippen molar-refractivity contribution in [2.24, 2.45) is 11.8 Å². The summed E-state index contributed by atoms with van der Waals surface area (Å²) in [5.74, 6) is 6.31. The monoisotopic (exact) mass is 207 g/mol. The van der Waals surface area contributed by atoms with Crippen LogP contribution in [0.2, 0.25) is 0 Å². The molecule has 3 nitrogen and oxygen atoms in total. The standard InChI is InChI=1S/C12H21N3/c1-3-10(4-2)8-12(15-13)11-6-5-7-14-9-11/h5-7,9-10,12,15H,3-4,8,13H2,1-2H3. The molecule has 3 N–H and O–H groups in total. The molecule has 0 spiro atoms. The number of hydrazine groups is 1. The first-order valence-electron chi connectivity index (χ1n) is 5.67. The van der Waals surface area contributed by atoms with Crippen LogP contribution in [-0.4, -0.2) is 4.98 Å². The second-order valence-corrected chi connectivity index (χ2v) is 3.92. The highest BCUT2D eigenvalue weighted by Crippen LogP contribution is 2.23. The number of pyridine rings is 1. The normalized spacial score (nSPS) is 13.1. The lowest BCUT2D eigenvalue weighted by Gasteiger charge is -2.21. The molecule has 0 saturated carbocycles. The van der Waals surface area contributed by atoms with Crippen LogP contribution in [0.25, 0.3) is 0 Å². The molecule has 15 heavy (non-hydrogen) atoms. The third-order valence-corrected chi connectivity index (χ3v) is 3.01. The largest absolute Gasteiger partial charge is 0.271 e. The summed E-state index contributed by atoms with van der Waals surface area (Å²) in [6, 6.07) is 4.25. The maximum Gasteiger partial charge on any atom is 0.0477 e. The van der Waals surface area contributed by atoms with E-state index in [0.717, 1.165) is 12.3 Å². The fourth-order valence-electron chi connectivity index (χ4n) is 1.84. The highest BCUT2D eigenvalue weighted by atomic mass is 15.2. The number of hydrogen-bond donors (Lipinski definition) is 2. The summed E-state index contributed by atoms with van der Waals surface area (Å²) >= 11 is 0. The van der Waals surface area contributed by atoms with Crippen molar-refractivity contribution in [3.05, 3.63) is 30.1 Å². The molecule has 0 aliphatic carbocycles. The lowest BCUT2D eigenvalue weighted by atomic mass is 9.92. The van der Waals surface area contributed by atoms with E-state index in [-0.39, 0.29) is 6.04 Å². The summed E-state index contributed by atoms with van der Waals surface area (Å²) in [4.78, 5) is 4.12. The van der Waals surface area contributed by atoms with Crippen LogP contribution in [-0.2, 0) is 0 Å². The minimum atomic E-state index is 0.226. The first-order chi connectivity index (χ1) is 7.31. The van der Waals surface area contributed by atoms with Crippen molar-refractivity contribution in [1.29, 1.82) is 0 Å². The molecule has 1 aromatic heterocycles. The first kappa shape index (κ1) is 12.1. The van der Waals surface area contributed by atoms with E-state index in [0.29, 0.717) is 0 Å². The zero-order chi connectivity index (χ0) is 11.1. The second-order valence-electron chi connectivity index (χ2n) is 3.92. The molecule has 1 heterocycles. The van der Waals surface area contributed by atoms with E-state index in [2.05, 4.69) is 30.3 Å². The Kier molecular flexibility index (Phi) is 5.29. The highest BCUT2D eigenvalue weighted by molar-refractivity contribution is 5.13. The number of nitrogens with zero attached hydrogens (tertiary/aromatic N) is 1. The Morgan fingerprint density at radius 3 is 2.60 bits per heavy atom. The molecule has 84 valence electrons. The zero-order valence-corrected chi connectivity index (χ0v) is 9.61. The van der Waals surface area contributed by atoms with Crippen LogP contribution in [0.3, 0.4) is 0 Å². The number of nitrogens with two attached hydrogens (primary N) is 1. The van der Waals surface area contributed by atoms with Crippen LogP contribution in [0.5, 0.6) is 0 Å². The average molecular weight is 207 g/mol. The van der Waals surface area contributed by atoms with Crippen molar-refractivity contribution < 1.29 is 0 Å². The topological polar surface area (TPSA) is 50.9 Å². The lowest BCUT2D eigenvalue weighted by Crippen LogP contribution is -2.29. The number of hydrogen-bond acceptors (Lipinski definition) is 3. The summed E-state index contributed by atoms with van der Waals surface area (Å²) in [6.07, 6.45) is 7.15. The summed E-state index contributed by atoms with van der Waals surface area (Å²) in [7, 11) is 0. The van der Waals surface area contributed by atoms with E-state index in [9.17, 15) is 0 Å². The lowest BCUT2D eigenvalue weighted by molar-refractivity contribution is 0.374. The second kappa shape index (κ2) is 6.53. The Labute approximate surface area is 92.1 Å². The van der Waals surface area contributed by atoms with Gasteiger partial charge in [-0.15, -0.1) is 0 Å². The quantitative estimate of drug-likeness (QED) is 0.556. The molecular formula is C12H21N3. The van der Waals surface area contributed by atoms with Crippen LogP contribution in [0.1, 0.15) is 44.7 Å². The molecule has 0 aliphatic heterocycles. The Hall–Kier alpha value is -0.930. The van der Waals surface area contributed by atoms with Gasteiger partial charge in [-0.2, -0.15) is 0 Å². The van der Waals surface area contributed by atoms with Crippen molar-refractivity contribution in [2.75, 3.05) is 0 Å². The van der Waals surface area contributed by atoms with Gasteiger partial charge in [0.15, 0.2) is 0 Å². The van der Waals surface area contributed by atoms with Crippen molar-refractivity contribution >= 4 is 0 Å². The Morgan fingerprint density at radius 1 is 1.40 bits per heavy atom. The average Bonchev–Trinajstić information content (AvgIpc) is 2.32. The van der Waals surface area contributed by atoms with E-state index in [1.54, 1.807) is 6.20 Å². The molecule has 0 fully saturated rings. The molecule has 1 unspecified atom stereocenters. The van der Waals surface area contributed by atoms with Crippen LogP contribution in [0.4, 0.5) is 0 Å². The summed E-state index contributed by atoms with van der Waals surface area (Å²) in [5.41, 5.74) is 4.05. The van der Waals surface area contributed by atoms with E-state index in [1.807, 2.05) is 12.3 Å². The van der Waals surface area contributed by atoms with Crippen molar-refractivity contribution in [2.45, 2.75) is 39.2 Å². The SMILES string of the molecule is CCC(CC)CC(NN)c1cccnc1. The van der Waals surface area contributed by atoms with Gasteiger partial charge in [0.05, 0.1) is 0 Å². The molecular weight excluding hydrogens is 186 g/mol. The number of rotatable bonds is 6. The fourth-order valence-corrected chi connectivity index (χ4v) is 1.84. The predicted octanol–water partition coefficient (Wildman–Crippen LogP) is 2.41. The van der Waals surface area contributed by atoms with Crippen molar-refractivity contribution in [3.8, 4) is 0 Å². The minimum Gasteiger partial charge on any atom is -0.271 e. The molecule has 0 aromatic carbocycles. The Balaban J connectivity index is 2.64. The Morgan fingerprint density at radius 2 is 2.13 bits per heavy atom. The van der Waals surface area contributed by atoms with E-state index < -0.39 is 0 Å². The number of nitrogens with one attached hydrogen (secondary N) is 1. The molecule has 0 aliphatic rings. The van der Waals surface area contributed by atoms with Gasteiger partial charge in [0.25, 0.3) is 0 Å². The van der Waals surface area contributed by atoms with E-state index in [4.69, 9.17) is 5.84 Å². The van der Waals surface area contributed by atoms with Gasteiger partial charge in [0.1, 0.15) is 0 Å². The summed E-state index contributed by atoms with van der Waals surface area (Å²) in [5, 5.41) is 0. The fraction of sp³-hybridized carbons (Fsp3) is 0.583.